The van der Waals surface area contributed by atoms with Crippen LogP contribution in [0.25, 0.3) is 0 Å². The number of rotatable bonds is 6. The lowest BCUT2D eigenvalue weighted by Crippen LogP contribution is -2.31. The van der Waals surface area contributed by atoms with Crippen LogP contribution in [0.3, 0.4) is 0 Å². The predicted molar refractivity (Wildman–Crippen MR) is 62.7 cm³/mol. The van der Waals surface area contributed by atoms with Crippen molar-refractivity contribution in [3.8, 4) is 0 Å². The average molecular weight is 205 g/mol. The van der Waals surface area contributed by atoms with E-state index in [0.717, 1.165) is 19.4 Å². The van der Waals surface area contributed by atoms with Gasteiger partial charge in [-0.15, -0.1) is 0 Å². The first-order chi connectivity index (χ1) is 7.24. The Morgan fingerprint density at radius 1 is 1.27 bits per heavy atom. The minimum absolute atomic E-state index is 0.477. The normalized spacial score (nSPS) is 10.9. The third kappa shape index (κ3) is 4.26. The van der Waals surface area contributed by atoms with Crippen molar-refractivity contribution in [2.24, 2.45) is 0 Å². The van der Waals surface area contributed by atoms with Crippen molar-refractivity contribution in [2.45, 2.75) is 32.9 Å². The van der Waals surface area contributed by atoms with Crippen LogP contribution in [-0.4, -0.2) is 23.8 Å². The Hall–Kier alpha value is -1.15. The van der Waals surface area contributed by atoms with Crippen molar-refractivity contribution >= 4 is 6.29 Å². The van der Waals surface area contributed by atoms with Crippen molar-refractivity contribution < 1.29 is 4.79 Å². The lowest BCUT2D eigenvalue weighted by Gasteiger charge is -2.25. The predicted octanol–water partition coefficient (Wildman–Crippen LogP) is 2.49. The molecule has 0 aliphatic carbocycles. The zero-order valence-electron chi connectivity index (χ0n) is 9.52. The first kappa shape index (κ1) is 11.9. The summed E-state index contributed by atoms with van der Waals surface area (Å²) in [7, 11) is 0. The Labute approximate surface area is 91.9 Å². The molecular formula is C13H19NO. The molecule has 0 atom stereocenters. The van der Waals surface area contributed by atoms with Crippen LogP contribution in [0.15, 0.2) is 30.3 Å². The molecule has 0 N–H and O–H groups in total. The van der Waals surface area contributed by atoms with E-state index in [1.54, 1.807) is 0 Å². The van der Waals surface area contributed by atoms with Gasteiger partial charge in [-0.3, -0.25) is 4.90 Å². The van der Waals surface area contributed by atoms with Crippen LogP contribution in [0, 0.1) is 0 Å². The summed E-state index contributed by atoms with van der Waals surface area (Å²) in [6.07, 6.45) is 1.60. The lowest BCUT2D eigenvalue weighted by atomic mass is 10.2. The molecule has 0 spiro atoms. The van der Waals surface area contributed by atoms with Crippen LogP contribution in [0.1, 0.15) is 25.8 Å². The maximum atomic E-state index is 10.4. The second-order valence-electron chi connectivity index (χ2n) is 4.01. The molecule has 0 heterocycles. The summed E-state index contributed by atoms with van der Waals surface area (Å²) < 4.78 is 0. The molecule has 82 valence electrons. The number of benzene rings is 1. The Morgan fingerprint density at radius 3 is 2.47 bits per heavy atom. The van der Waals surface area contributed by atoms with Crippen LogP contribution in [-0.2, 0) is 11.3 Å². The SMILES string of the molecule is CC(C)N(CCC=O)Cc1ccccc1. The highest BCUT2D eigenvalue weighted by Gasteiger charge is 2.08. The van der Waals surface area contributed by atoms with Gasteiger partial charge in [-0.25, -0.2) is 0 Å². The topological polar surface area (TPSA) is 20.3 Å². The Morgan fingerprint density at radius 2 is 1.93 bits per heavy atom. The maximum Gasteiger partial charge on any atom is 0.121 e. The van der Waals surface area contributed by atoms with Gasteiger partial charge in [0.15, 0.2) is 0 Å². The van der Waals surface area contributed by atoms with Gasteiger partial charge in [0, 0.05) is 25.6 Å². The second kappa shape index (κ2) is 6.36. The molecule has 0 fully saturated rings. The molecule has 0 saturated heterocycles. The molecule has 2 heteroatoms. The van der Waals surface area contributed by atoms with E-state index in [0.29, 0.717) is 12.5 Å². The van der Waals surface area contributed by atoms with E-state index >= 15 is 0 Å². The zero-order valence-corrected chi connectivity index (χ0v) is 9.52. The summed E-state index contributed by atoms with van der Waals surface area (Å²) in [6, 6.07) is 10.8. The summed E-state index contributed by atoms with van der Waals surface area (Å²) in [5.41, 5.74) is 1.30. The Kier molecular flexibility index (Phi) is 5.05. The molecule has 0 bridgehead atoms. The number of carbonyl (C=O) groups is 1. The zero-order chi connectivity index (χ0) is 11.1. The molecule has 15 heavy (non-hydrogen) atoms. The lowest BCUT2D eigenvalue weighted by molar-refractivity contribution is -0.108. The molecule has 0 aromatic heterocycles. The highest BCUT2D eigenvalue weighted by Crippen LogP contribution is 2.08. The van der Waals surface area contributed by atoms with E-state index in [9.17, 15) is 4.79 Å². The summed E-state index contributed by atoms with van der Waals surface area (Å²) in [5.74, 6) is 0. The minimum atomic E-state index is 0.477. The van der Waals surface area contributed by atoms with E-state index in [-0.39, 0.29) is 0 Å². The van der Waals surface area contributed by atoms with Gasteiger partial charge in [0.1, 0.15) is 6.29 Å². The first-order valence-electron chi connectivity index (χ1n) is 5.45. The van der Waals surface area contributed by atoms with Crippen molar-refractivity contribution in [2.75, 3.05) is 6.54 Å². The van der Waals surface area contributed by atoms with Crippen LogP contribution in [0.5, 0.6) is 0 Å². The molecule has 0 amide bonds. The smallest absolute Gasteiger partial charge is 0.121 e. The molecule has 2 nitrogen and oxygen atoms in total. The number of carbonyl (C=O) groups excluding carboxylic acids is 1. The minimum Gasteiger partial charge on any atom is -0.303 e. The van der Waals surface area contributed by atoms with Crippen LogP contribution >= 0.6 is 0 Å². The van der Waals surface area contributed by atoms with Crippen LogP contribution in [0.4, 0.5) is 0 Å². The van der Waals surface area contributed by atoms with Gasteiger partial charge in [0.05, 0.1) is 0 Å². The molecule has 0 unspecified atom stereocenters. The van der Waals surface area contributed by atoms with Gasteiger partial charge >= 0.3 is 0 Å². The maximum absolute atomic E-state index is 10.4. The standard InChI is InChI=1S/C13H19NO/c1-12(2)14(9-6-10-15)11-13-7-4-3-5-8-13/h3-5,7-8,10,12H,6,9,11H2,1-2H3. The highest BCUT2D eigenvalue weighted by molar-refractivity contribution is 5.49. The van der Waals surface area contributed by atoms with Crippen molar-refractivity contribution in [3.63, 3.8) is 0 Å². The second-order valence-corrected chi connectivity index (χ2v) is 4.01. The van der Waals surface area contributed by atoms with Gasteiger partial charge in [-0.05, 0) is 19.4 Å². The molecule has 1 rings (SSSR count). The summed E-state index contributed by atoms with van der Waals surface area (Å²) in [6.45, 7) is 6.09. The fraction of sp³-hybridized carbons (Fsp3) is 0.462. The van der Waals surface area contributed by atoms with Gasteiger partial charge in [-0.2, -0.15) is 0 Å². The molecule has 1 aromatic rings. The molecule has 0 saturated carbocycles. The van der Waals surface area contributed by atoms with E-state index in [2.05, 4.69) is 30.9 Å². The van der Waals surface area contributed by atoms with Gasteiger partial charge < -0.3 is 4.79 Å². The van der Waals surface area contributed by atoms with Crippen molar-refractivity contribution in [1.29, 1.82) is 0 Å². The van der Waals surface area contributed by atoms with Gasteiger partial charge in [0.25, 0.3) is 0 Å². The largest absolute Gasteiger partial charge is 0.303 e. The number of nitrogens with zero attached hydrogens (tertiary/aromatic N) is 1. The van der Waals surface area contributed by atoms with Crippen LogP contribution in [0.2, 0.25) is 0 Å². The quantitative estimate of drug-likeness (QED) is 0.665. The number of hydrogen-bond acceptors (Lipinski definition) is 2. The Bertz CT molecular complexity index is 282. The van der Waals surface area contributed by atoms with Crippen LogP contribution < -0.4 is 0 Å². The Balaban J connectivity index is 2.54. The average Bonchev–Trinajstić information content (AvgIpc) is 2.25. The molecule has 0 aliphatic heterocycles. The van der Waals surface area contributed by atoms with Gasteiger partial charge in [-0.1, -0.05) is 30.3 Å². The third-order valence-corrected chi connectivity index (χ3v) is 2.49. The van der Waals surface area contributed by atoms with Crippen molar-refractivity contribution in [3.05, 3.63) is 35.9 Å². The first-order valence-corrected chi connectivity index (χ1v) is 5.45. The molecule has 1 aromatic carbocycles. The monoisotopic (exact) mass is 205 g/mol. The molecule has 0 aliphatic rings. The van der Waals surface area contributed by atoms with Crippen molar-refractivity contribution in [1.82, 2.24) is 4.90 Å². The summed E-state index contributed by atoms with van der Waals surface area (Å²) in [4.78, 5) is 12.7. The molecular weight excluding hydrogens is 186 g/mol. The number of hydrogen-bond donors (Lipinski definition) is 0. The van der Waals surface area contributed by atoms with E-state index < -0.39 is 0 Å². The molecule has 0 radical (unpaired) electrons. The number of aldehydes is 1. The fourth-order valence-electron chi connectivity index (χ4n) is 1.56. The highest BCUT2D eigenvalue weighted by atomic mass is 16.1. The fourth-order valence-corrected chi connectivity index (χ4v) is 1.56. The third-order valence-electron chi connectivity index (χ3n) is 2.49. The van der Waals surface area contributed by atoms with E-state index in [1.165, 1.54) is 5.56 Å². The van der Waals surface area contributed by atoms with Gasteiger partial charge in [0.2, 0.25) is 0 Å². The summed E-state index contributed by atoms with van der Waals surface area (Å²) in [5, 5.41) is 0. The van der Waals surface area contributed by atoms with E-state index in [4.69, 9.17) is 0 Å². The van der Waals surface area contributed by atoms with E-state index in [1.807, 2.05) is 18.2 Å². The summed E-state index contributed by atoms with van der Waals surface area (Å²) >= 11 is 0.